The van der Waals surface area contributed by atoms with Crippen LogP contribution in [0, 0.1) is 11.3 Å². The van der Waals surface area contributed by atoms with Gasteiger partial charge in [0, 0.05) is 60.4 Å². The summed E-state index contributed by atoms with van der Waals surface area (Å²) < 4.78 is 5.93. The zero-order valence-corrected chi connectivity index (χ0v) is 17.3. The van der Waals surface area contributed by atoms with Crippen molar-refractivity contribution in [2.75, 3.05) is 31.1 Å². The van der Waals surface area contributed by atoms with E-state index in [0.29, 0.717) is 24.1 Å². The van der Waals surface area contributed by atoms with Crippen molar-refractivity contribution < 1.29 is 4.74 Å². The van der Waals surface area contributed by atoms with Crippen LogP contribution in [0.25, 0.3) is 0 Å². The first kappa shape index (κ1) is 18.9. The van der Waals surface area contributed by atoms with Crippen molar-refractivity contribution in [1.29, 1.82) is 0 Å². The number of hydrogen-bond donors (Lipinski definition) is 2. The molecule has 5 nitrogen and oxygen atoms in total. The van der Waals surface area contributed by atoms with Gasteiger partial charge in [0.1, 0.15) is 0 Å². The second-order valence-corrected chi connectivity index (χ2v) is 9.00. The maximum atomic E-state index is 6.15. The molecule has 2 aliphatic heterocycles. The first-order valence-corrected chi connectivity index (χ1v) is 10.6. The molecule has 3 aliphatic rings. The van der Waals surface area contributed by atoms with Crippen molar-refractivity contribution in [3.05, 3.63) is 29.3 Å². The standard InChI is InChI=1S/C21H31ClN4O/c1-4-23-20(25-18-17-9-11-27-19(17)21(18,2)3)24-15-8-10-26(13-15)16-7-5-6-14(22)12-16/h5-7,12,15,17-19H,4,8-11,13H2,1-3H3,(H2,23,24,25). The third-order valence-corrected chi connectivity index (χ3v) is 6.65. The Morgan fingerprint density at radius 1 is 1.33 bits per heavy atom. The van der Waals surface area contributed by atoms with E-state index in [2.05, 4.69) is 42.4 Å². The van der Waals surface area contributed by atoms with Crippen molar-refractivity contribution in [2.24, 2.45) is 16.3 Å². The molecule has 2 saturated heterocycles. The van der Waals surface area contributed by atoms with E-state index >= 15 is 0 Å². The minimum absolute atomic E-state index is 0.153. The van der Waals surface area contributed by atoms with Crippen molar-refractivity contribution in [1.82, 2.24) is 10.6 Å². The summed E-state index contributed by atoms with van der Waals surface area (Å²) in [6.45, 7) is 10.4. The number of fused-ring (bicyclic) bond motifs is 1. The molecule has 2 N–H and O–H groups in total. The van der Waals surface area contributed by atoms with Crippen LogP contribution in [0.1, 0.15) is 33.6 Å². The van der Waals surface area contributed by atoms with Crippen LogP contribution in [-0.4, -0.2) is 50.4 Å². The number of aliphatic imine (C=N–C) groups is 1. The maximum Gasteiger partial charge on any atom is 0.191 e. The lowest BCUT2D eigenvalue weighted by molar-refractivity contribution is -0.106. The summed E-state index contributed by atoms with van der Waals surface area (Å²) >= 11 is 6.15. The Morgan fingerprint density at radius 2 is 2.19 bits per heavy atom. The third-order valence-electron chi connectivity index (χ3n) is 6.41. The van der Waals surface area contributed by atoms with Gasteiger partial charge in [0.25, 0.3) is 0 Å². The summed E-state index contributed by atoms with van der Waals surface area (Å²) in [6.07, 6.45) is 2.64. The summed E-state index contributed by atoms with van der Waals surface area (Å²) in [5, 5.41) is 8.19. The first-order chi connectivity index (χ1) is 13.0. The molecule has 1 aliphatic carbocycles. The number of guanidine groups is 1. The van der Waals surface area contributed by atoms with Gasteiger partial charge in [0.2, 0.25) is 0 Å². The molecule has 0 spiro atoms. The second-order valence-electron chi connectivity index (χ2n) is 8.57. The Bertz CT molecular complexity index is 707. The van der Waals surface area contributed by atoms with Crippen molar-refractivity contribution in [3.63, 3.8) is 0 Å². The molecule has 4 atom stereocenters. The number of hydrogen-bond acceptors (Lipinski definition) is 3. The summed E-state index contributed by atoms with van der Waals surface area (Å²) in [4.78, 5) is 7.11. The molecule has 4 unspecified atom stereocenters. The first-order valence-electron chi connectivity index (χ1n) is 10.2. The molecular weight excluding hydrogens is 360 g/mol. The molecule has 148 valence electrons. The van der Waals surface area contributed by atoms with Gasteiger partial charge in [0.15, 0.2) is 5.96 Å². The van der Waals surface area contributed by atoms with Gasteiger partial charge >= 0.3 is 0 Å². The Morgan fingerprint density at radius 3 is 2.96 bits per heavy atom. The molecule has 4 rings (SSSR count). The fourth-order valence-corrected chi connectivity index (χ4v) is 5.22. The highest BCUT2D eigenvalue weighted by molar-refractivity contribution is 6.30. The van der Waals surface area contributed by atoms with Crippen LogP contribution in [0.15, 0.2) is 29.3 Å². The van der Waals surface area contributed by atoms with Gasteiger partial charge in [-0.05, 0) is 38.0 Å². The molecule has 1 aromatic rings. The smallest absolute Gasteiger partial charge is 0.191 e. The van der Waals surface area contributed by atoms with Gasteiger partial charge < -0.3 is 20.3 Å². The van der Waals surface area contributed by atoms with Gasteiger partial charge in [-0.3, -0.25) is 4.99 Å². The monoisotopic (exact) mass is 390 g/mol. The number of rotatable bonds is 4. The number of ether oxygens (including phenoxy) is 1. The highest BCUT2D eigenvalue weighted by Crippen LogP contribution is 2.52. The van der Waals surface area contributed by atoms with Crippen LogP contribution >= 0.6 is 11.6 Å². The van der Waals surface area contributed by atoms with E-state index in [9.17, 15) is 0 Å². The summed E-state index contributed by atoms with van der Waals surface area (Å²) in [5.41, 5.74) is 1.35. The summed E-state index contributed by atoms with van der Waals surface area (Å²) in [7, 11) is 0. The van der Waals surface area contributed by atoms with E-state index in [-0.39, 0.29) is 5.41 Å². The summed E-state index contributed by atoms with van der Waals surface area (Å²) in [5.74, 6) is 1.55. The number of halogens is 1. The van der Waals surface area contributed by atoms with Gasteiger partial charge in [-0.2, -0.15) is 0 Å². The molecule has 1 saturated carbocycles. The van der Waals surface area contributed by atoms with Crippen LogP contribution in [-0.2, 0) is 4.74 Å². The quantitative estimate of drug-likeness (QED) is 0.611. The molecule has 0 radical (unpaired) electrons. The molecular formula is C21H31ClN4O. The Balaban J connectivity index is 1.37. The maximum absolute atomic E-state index is 6.15. The number of nitrogens with one attached hydrogen (secondary N) is 2. The average Bonchev–Trinajstić information content (AvgIpc) is 3.28. The Labute approximate surface area is 167 Å². The number of nitrogens with zero attached hydrogens (tertiary/aromatic N) is 2. The highest BCUT2D eigenvalue weighted by Gasteiger charge is 2.59. The Kier molecular flexibility index (Phi) is 5.26. The zero-order valence-electron chi connectivity index (χ0n) is 16.5. The normalized spacial score (nSPS) is 32.1. The van der Waals surface area contributed by atoms with E-state index in [1.165, 1.54) is 5.69 Å². The van der Waals surface area contributed by atoms with Crippen LogP contribution < -0.4 is 15.5 Å². The second kappa shape index (κ2) is 7.51. The molecule has 0 bridgehead atoms. The van der Waals surface area contributed by atoms with E-state index < -0.39 is 0 Å². The van der Waals surface area contributed by atoms with Crippen LogP contribution in [0.3, 0.4) is 0 Å². The predicted molar refractivity (Wildman–Crippen MR) is 112 cm³/mol. The largest absolute Gasteiger partial charge is 0.377 e. The van der Waals surface area contributed by atoms with E-state index in [1.54, 1.807) is 0 Å². The highest BCUT2D eigenvalue weighted by atomic mass is 35.5. The van der Waals surface area contributed by atoms with E-state index in [1.807, 2.05) is 18.2 Å². The van der Waals surface area contributed by atoms with Crippen LogP contribution in [0.5, 0.6) is 0 Å². The lowest BCUT2D eigenvalue weighted by Gasteiger charge is -2.55. The van der Waals surface area contributed by atoms with Crippen LogP contribution in [0.2, 0.25) is 5.02 Å². The zero-order chi connectivity index (χ0) is 19.0. The third kappa shape index (κ3) is 3.64. The van der Waals surface area contributed by atoms with Gasteiger partial charge in [-0.1, -0.05) is 31.5 Å². The lowest BCUT2D eigenvalue weighted by Crippen LogP contribution is -2.68. The summed E-state index contributed by atoms with van der Waals surface area (Å²) in [6, 6.07) is 8.93. The SMILES string of the molecule is CCN=C(NC1CCN(c2cccc(Cl)c2)C1)NC1C2CCOC2C1(C)C. The minimum Gasteiger partial charge on any atom is -0.377 e. The van der Waals surface area contributed by atoms with Gasteiger partial charge in [-0.15, -0.1) is 0 Å². The average molecular weight is 391 g/mol. The Hall–Kier alpha value is -1.46. The van der Waals surface area contributed by atoms with E-state index in [4.69, 9.17) is 21.3 Å². The lowest BCUT2D eigenvalue weighted by atomic mass is 9.57. The fourth-order valence-electron chi connectivity index (χ4n) is 5.03. The predicted octanol–water partition coefficient (Wildman–Crippen LogP) is 3.29. The molecule has 6 heteroatoms. The molecule has 0 aromatic heterocycles. The molecule has 2 heterocycles. The number of anilines is 1. The minimum atomic E-state index is 0.153. The van der Waals surface area contributed by atoms with Crippen LogP contribution in [0.4, 0.5) is 5.69 Å². The molecule has 1 aromatic carbocycles. The van der Waals surface area contributed by atoms with Gasteiger partial charge in [-0.25, -0.2) is 0 Å². The number of benzene rings is 1. The van der Waals surface area contributed by atoms with Crippen molar-refractivity contribution >= 4 is 23.2 Å². The molecule has 0 amide bonds. The van der Waals surface area contributed by atoms with Gasteiger partial charge in [0.05, 0.1) is 6.10 Å². The molecule has 27 heavy (non-hydrogen) atoms. The fraction of sp³-hybridized carbons (Fsp3) is 0.667. The van der Waals surface area contributed by atoms with Crippen molar-refractivity contribution in [2.45, 2.75) is 51.8 Å². The van der Waals surface area contributed by atoms with E-state index in [0.717, 1.165) is 50.1 Å². The van der Waals surface area contributed by atoms with Crippen molar-refractivity contribution in [3.8, 4) is 0 Å². The topological polar surface area (TPSA) is 48.9 Å². The molecule has 3 fully saturated rings.